The number of fused-ring (bicyclic) bond motifs is 2. The summed E-state index contributed by atoms with van der Waals surface area (Å²) in [5.41, 5.74) is 2.09. The number of carbonyl (C=O) groups excluding carboxylic acids is 3. The molecule has 0 bridgehead atoms. The molecule has 0 saturated heterocycles. The van der Waals surface area contributed by atoms with E-state index in [2.05, 4.69) is 26.0 Å². The summed E-state index contributed by atoms with van der Waals surface area (Å²) in [5, 5.41) is 5.86. The van der Waals surface area contributed by atoms with Crippen molar-refractivity contribution in [2.45, 2.75) is 0 Å². The van der Waals surface area contributed by atoms with E-state index < -0.39 is 24.3 Å². The Morgan fingerprint density at radius 3 is 2.36 bits per heavy atom. The molecule has 0 aliphatic carbocycles. The zero-order valence-electron chi connectivity index (χ0n) is 17.0. The average Bonchev–Trinajstić information content (AvgIpc) is 3.34. The molecule has 5 rings (SSSR count). The van der Waals surface area contributed by atoms with Crippen LogP contribution in [0.3, 0.4) is 0 Å². The fourth-order valence-corrected chi connectivity index (χ4v) is 4.94. The van der Waals surface area contributed by atoms with Gasteiger partial charge in [0.25, 0.3) is 17.7 Å². The van der Waals surface area contributed by atoms with Gasteiger partial charge in [-0.2, -0.15) is 10.1 Å². The summed E-state index contributed by atoms with van der Waals surface area (Å²) in [4.78, 5) is 44.3. The highest BCUT2D eigenvalue weighted by Crippen LogP contribution is 2.31. The van der Waals surface area contributed by atoms with Crippen molar-refractivity contribution < 1.29 is 14.4 Å². The summed E-state index contributed by atoms with van der Waals surface area (Å²) in [5.74, 6) is -1.54. The molecular weight excluding hydrogens is 504 g/mol. The molecule has 0 unspecified atom stereocenters. The molecule has 33 heavy (non-hydrogen) atoms. The van der Waals surface area contributed by atoms with Crippen LogP contribution in [0.5, 0.6) is 0 Å². The lowest BCUT2D eigenvalue weighted by Gasteiger charge is -2.18. The Kier molecular flexibility index (Phi) is 5.57. The van der Waals surface area contributed by atoms with Gasteiger partial charge in [-0.3, -0.25) is 19.3 Å². The van der Waals surface area contributed by atoms with Crippen LogP contribution >= 0.6 is 27.3 Å². The average molecular weight is 519 g/mol. The third-order valence-corrected chi connectivity index (χ3v) is 6.54. The van der Waals surface area contributed by atoms with Crippen LogP contribution in [0.25, 0.3) is 10.2 Å². The van der Waals surface area contributed by atoms with Crippen LogP contribution in [0.4, 0.5) is 5.13 Å². The zero-order chi connectivity index (χ0) is 22.9. The smallest absolute Gasteiger partial charge is 0.269 e. The fraction of sp³-hybridized carbons (Fsp3) is 0.0417. The van der Waals surface area contributed by atoms with E-state index in [-0.39, 0.29) is 0 Å². The van der Waals surface area contributed by atoms with Crippen molar-refractivity contribution >= 4 is 66.6 Å². The SMILES string of the molecule is O=C1c2ccccc2C(=O)N1CC(=O)N(/N=C/c1ccccc1)c1nc2ccc(Br)cc2s1. The highest BCUT2D eigenvalue weighted by molar-refractivity contribution is 9.10. The van der Waals surface area contributed by atoms with Crippen LogP contribution < -0.4 is 5.01 Å². The molecule has 1 aliphatic rings. The lowest BCUT2D eigenvalue weighted by molar-refractivity contribution is -0.118. The summed E-state index contributed by atoms with van der Waals surface area (Å²) in [6.07, 6.45) is 1.54. The van der Waals surface area contributed by atoms with Gasteiger partial charge in [0.15, 0.2) is 0 Å². The molecule has 0 radical (unpaired) electrons. The predicted molar refractivity (Wildman–Crippen MR) is 131 cm³/mol. The van der Waals surface area contributed by atoms with Crippen molar-refractivity contribution in [3.8, 4) is 0 Å². The molecule has 3 aromatic carbocycles. The van der Waals surface area contributed by atoms with Crippen LogP contribution in [-0.2, 0) is 4.79 Å². The number of imide groups is 1. The second-order valence-corrected chi connectivity index (χ2v) is 9.14. The summed E-state index contributed by atoms with van der Waals surface area (Å²) < 4.78 is 1.76. The molecule has 1 aliphatic heterocycles. The van der Waals surface area contributed by atoms with Gasteiger partial charge in [0, 0.05) is 4.47 Å². The second kappa shape index (κ2) is 8.68. The Balaban J connectivity index is 1.48. The first-order chi connectivity index (χ1) is 16.0. The van der Waals surface area contributed by atoms with Crippen LogP contribution in [0.1, 0.15) is 26.3 Å². The second-order valence-electron chi connectivity index (χ2n) is 7.21. The zero-order valence-corrected chi connectivity index (χ0v) is 19.4. The molecule has 2 heterocycles. The number of thiazole rings is 1. The number of rotatable bonds is 5. The summed E-state index contributed by atoms with van der Waals surface area (Å²) >= 11 is 4.73. The maximum absolute atomic E-state index is 13.3. The van der Waals surface area contributed by atoms with Gasteiger partial charge in [-0.1, -0.05) is 69.7 Å². The van der Waals surface area contributed by atoms with E-state index >= 15 is 0 Å². The molecule has 7 nitrogen and oxygen atoms in total. The molecule has 1 aromatic heterocycles. The Hall–Kier alpha value is -3.69. The van der Waals surface area contributed by atoms with Crippen molar-refractivity contribution in [2.24, 2.45) is 5.10 Å². The van der Waals surface area contributed by atoms with E-state index in [1.807, 2.05) is 48.5 Å². The number of aromatic nitrogens is 1. The van der Waals surface area contributed by atoms with E-state index in [9.17, 15) is 14.4 Å². The molecule has 0 atom stereocenters. The van der Waals surface area contributed by atoms with Crippen molar-refractivity contribution in [1.29, 1.82) is 0 Å². The van der Waals surface area contributed by atoms with Gasteiger partial charge >= 0.3 is 0 Å². The molecule has 3 amide bonds. The Labute approximate surface area is 201 Å². The standard InChI is InChI=1S/C24H15BrN4O3S/c25-16-10-11-19-20(12-16)33-24(27-19)29(26-13-15-6-2-1-3-7-15)21(30)14-28-22(31)17-8-4-5-9-18(17)23(28)32/h1-13H,14H2/b26-13+. The maximum atomic E-state index is 13.3. The number of hydrogen-bond donors (Lipinski definition) is 0. The van der Waals surface area contributed by atoms with Gasteiger partial charge in [-0.15, -0.1) is 0 Å². The van der Waals surface area contributed by atoms with E-state index in [0.29, 0.717) is 21.8 Å². The van der Waals surface area contributed by atoms with Gasteiger partial charge in [-0.25, -0.2) is 4.98 Å². The van der Waals surface area contributed by atoms with E-state index in [0.717, 1.165) is 24.6 Å². The minimum Gasteiger partial charge on any atom is -0.270 e. The van der Waals surface area contributed by atoms with Gasteiger partial charge < -0.3 is 0 Å². The maximum Gasteiger partial charge on any atom is 0.269 e. The lowest BCUT2D eigenvalue weighted by Crippen LogP contribution is -2.41. The quantitative estimate of drug-likeness (QED) is 0.217. The van der Waals surface area contributed by atoms with E-state index in [4.69, 9.17) is 0 Å². The third kappa shape index (κ3) is 4.08. The molecule has 162 valence electrons. The number of carbonyl (C=O) groups is 3. The number of hydrogen-bond acceptors (Lipinski definition) is 6. The molecule has 0 N–H and O–H groups in total. The minimum atomic E-state index is -0.546. The van der Waals surface area contributed by atoms with Crippen LogP contribution in [0.2, 0.25) is 0 Å². The normalized spacial score (nSPS) is 13.2. The van der Waals surface area contributed by atoms with Gasteiger partial charge in [0.05, 0.1) is 27.6 Å². The number of nitrogens with zero attached hydrogens (tertiary/aromatic N) is 4. The Bertz CT molecular complexity index is 1400. The van der Waals surface area contributed by atoms with Gasteiger partial charge in [-0.05, 0) is 35.9 Å². The van der Waals surface area contributed by atoms with Crippen molar-refractivity contribution in [1.82, 2.24) is 9.88 Å². The minimum absolute atomic E-state index is 0.291. The first kappa shape index (κ1) is 21.2. The van der Waals surface area contributed by atoms with Crippen molar-refractivity contribution in [3.63, 3.8) is 0 Å². The first-order valence-electron chi connectivity index (χ1n) is 9.94. The molecule has 4 aromatic rings. The largest absolute Gasteiger partial charge is 0.270 e. The molecule has 9 heteroatoms. The molecule has 0 saturated carbocycles. The summed E-state index contributed by atoms with van der Waals surface area (Å²) in [6.45, 7) is -0.446. The van der Waals surface area contributed by atoms with Gasteiger partial charge in [0.1, 0.15) is 6.54 Å². The molecular formula is C24H15BrN4O3S. The number of halogens is 1. The van der Waals surface area contributed by atoms with Crippen LogP contribution in [-0.4, -0.2) is 40.4 Å². The molecule has 0 spiro atoms. The van der Waals surface area contributed by atoms with E-state index in [1.165, 1.54) is 11.3 Å². The van der Waals surface area contributed by atoms with Gasteiger partial charge in [0.2, 0.25) is 5.13 Å². The summed E-state index contributed by atoms with van der Waals surface area (Å²) in [7, 11) is 0. The Morgan fingerprint density at radius 2 is 1.67 bits per heavy atom. The number of amides is 3. The van der Waals surface area contributed by atoms with Crippen molar-refractivity contribution in [2.75, 3.05) is 11.6 Å². The highest BCUT2D eigenvalue weighted by atomic mass is 79.9. The van der Waals surface area contributed by atoms with Crippen LogP contribution in [0.15, 0.2) is 82.4 Å². The van der Waals surface area contributed by atoms with E-state index in [1.54, 1.807) is 30.5 Å². The third-order valence-electron chi connectivity index (χ3n) is 5.05. The van der Waals surface area contributed by atoms with Crippen molar-refractivity contribution in [3.05, 3.63) is 94.0 Å². The Morgan fingerprint density at radius 1 is 1.00 bits per heavy atom. The number of anilines is 1. The summed E-state index contributed by atoms with van der Waals surface area (Å²) in [6, 6.07) is 21.5. The number of hydrazone groups is 1. The number of benzene rings is 3. The first-order valence-corrected chi connectivity index (χ1v) is 11.6. The monoisotopic (exact) mass is 518 g/mol. The van der Waals surface area contributed by atoms with Crippen LogP contribution in [0, 0.1) is 0 Å². The topological polar surface area (TPSA) is 82.9 Å². The highest BCUT2D eigenvalue weighted by Gasteiger charge is 2.37. The fourth-order valence-electron chi connectivity index (χ4n) is 3.45. The lowest BCUT2D eigenvalue weighted by atomic mass is 10.1. The predicted octanol–water partition coefficient (Wildman–Crippen LogP) is 4.72. The molecule has 0 fully saturated rings.